The number of aromatic amines is 2. The van der Waals surface area contributed by atoms with Gasteiger partial charge < -0.3 is 18.8 Å². The molecule has 0 fully saturated rings. The molecular weight excluding hydrogens is 713 g/mol. The van der Waals surface area contributed by atoms with Crippen molar-refractivity contribution in [3.8, 4) is 0 Å². The summed E-state index contributed by atoms with van der Waals surface area (Å²) in [4.78, 5) is 16.3. The van der Waals surface area contributed by atoms with Crippen LogP contribution in [0.5, 0.6) is 0 Å². The van der Waals surface area contributed by atoms with Gasteiger partial charge in [-0.15, -0.1) is 0 Å². The zero-order valence-electron chi connectivity index (χ0n) is 32.2. The highest BCUT2D eigenvalue weighted by molar-refractivity contribution is 6.38. The molecule has 0 saturated heterocycles. The molecule has 0 unspecified atom stereocenters. The highest BCUT2D eigenvalue weighted by Crippen LogP contribution is 2.46. The van der Waals surface area contributed by atoms with E-state index in [1.54, 1.807) is 6.20 Å². The smallest absolute Gasteiger partial charge is 0.161 e. The van der Waals surface area contributed by atoms with E-state index < -0.39 is 0 Å². The van der Waals surface area contributed by atoms with Gasteiger partial charge in [0.2, 0.25) is 0 Å². The summed E-state index contributed by atoms with van der Waals surface area (Å²) < 4.78 is 12.7. The van der Waals surface area contributed by atoms with Crippen LogP contribution in [-0.2, 0) is 12.8 Å². The SMILES string of the molecule is CC.[HH].[HH].c1ccc2c(c1)[nH]c1c3oc4ccncc4c3c3cc4c(cc3c21)CCCC4.c1ccc2c(c1)ccc1c3c4ccccc4[nH]c3c3oc4cccnc4c3c21. The highest BCUT2D eigenvalue weighted by atomic mass is 16.3. The molecule has 1 aliphatic rings. The van der Waals surface area contributed by atoms with Crippen molar-refractivity contribution in [3.63, 3.8) is 0 Å². The van der Waals surface area contributed by atoms with E-state index in [-0.39, 0.29) is 2.85 Å². The minimum atomic E-state index is 0. The third-order valence-corrected chi connectivity index (χ3v) is 12.3. The summed E-state index contributed by atoms with van der Waals surface area (Å²) in [5.74, 6) is 0. The van der Waals surface area contributed by atoms with Crippen molar-refractivity contribution in [2.45, 2.75) is 39.5 Å². The fourth-order valence-corrected chi connectivity index (χ4v) is 9.85. The lowest BCUT2D eigenvalue weighted by atomic mass is 9.87. The lowest BCUT2D eigenvalue weighted by Crippen LogP contribution is -2.02. The van der Waals surface area contributed by atoms with E-state index in [1.807, 2.05) is 44.4 Å². The normalized spacial score (nSPS) is 13.1. The standard InChI is InChI=1S/C25H14N2O.C25H18N2O.C2H6.2H2/c1-2-7-15-14(6-1)11-12-17-20(15)22-23-19(10-5-13-26-23)28-25(22)24-21(17)16-8-3-4-9-18(16)27-24;1-2-6-15-12-18-17(11-14(15)5-1)22-16-7-3-4-8-20(16)27-24(22)25-23(18)19-13-26-10-9-21(19)28-25;1-2;;/h1-13,27H;3-4,7-13,27H,1-2,5-6H2;1-2H3;2*1H. The van der Waals surface area contributed by atoms with Crippen LogP contribution in [0.1, 0.15) is 40.7 Å². The molecular formula is C52H42N4O2. The van der Waals surface area contributed by atoms with Crippen molar-refractivity contribution < 1.29 is 11.7 Å². The summed E-state index contributed by atoms with van der Waals surface area (Å²) in [5.41, 5.74) is 11.9. The maximum Gasteiger partial charge on any atom is 0.161 e. The second kappa shape index (κ2) is 12.7. The van der Waals surface area contributed by atoms with Gasteiger partial charge in [0.25, 0.3) is 0 Å². The van der Waals surface area contributed by atoms with E-state index in [9.17, 15) is 0 Å². The van der Waals surface area contributed by atoms with E-state index in [1.165, 1.54) is 96.1 Å². The number of furan rings is 2. The number of aromatic nitrogens is 4. The lowest BCUT2D eigenvalue weighted by Gasteiger charge is -2.17. The molecule has 0 atom stereocenters. The number of rotatable bonds is 0. The average Bonchev–Trinajstić information content (AvgIpc) is 4.07. The van der Waals surface area contributed by atoms with Gasteiger partial charge in [0, 0.05) is 70.2 Å². The predicted octanol–water partition coefficient (Wildman–Crippen LogP) is 15.1. The Balaban J connectivity index is 0.000000134. The Kier molecular flexibility index (Phi) is 7.21. The number of pyridine rings is 2. The van der Waals surface area contributed by atoms with Gasteiger partial charge in [-0.2, -0.15) is 0 Å². The molecule has 0 saturated carbocycles. The third kappa shape index (κ3) is 4.60. The van der Waals surface area contributed by atoms with Crippen molar-refractivity contribution in [3.05, 3.63) is 145 Å². The minimum Gasteiger partial charge on any atom is -0.454 e. The summed E-state index contributed by atoms with van der Waals surface area (Å²) in [6, 6.07) is 40.8. The fraction of sp³-hybridized carbons (Fsp3) is 0.115. The summed E-state index contributed by atoms with van der Waals surface area (Å²) in [6.45, 7) is 4.00. The Hall–Kier alpha value is -7.18. The Morgan fingerprint density at radius 1 is 0.500 bits per heavy atom. The molecule has 13 aromatic rings. The molecule has 0 radical (unpaired) electrons. The molecule has 58 heavy (non-hydrogen) atoms. The predicted molar refractivity (Wildman–Crippen MR) is 246 cm³/mol. The minimum absolute atomic E-state index is 0. The summed E-state index contributed by atoms with van der Waals surface area (Å²) in [6.07, 6.45) is 10.5. The topological polar surface area (TPSA) is 83.6 Å². The van der Waals surface area contributed by atoms with Gasteiger partial charge in [-0.05, 0) is 94.1 Å². The van der Waals surface area contributed by atoms with E-state index >= 15 is 0 Å². The van der Waals surface area contributed by atoms with Crippen LogP contribution in [0.15, 0.2) is 143 Å². The van der Waals surface area contributed by atoms with E-state index in [0.29, 0.717) is 0 Å². The van der Waals surface area contributed by atoms with Gasteiger partial charge in [0.05, 0.1) is 16.4 Å². The molecule has 0 spiro atoms. The zero-order chi connectivity index (χ0) is 38.5. The van der Waals surface area contributed by atoms with Crippen molar-refractivity contribution in [2.75, 3.05) is 0 Å². The van der Waals surface area contributed by atoms with Crippen LogP contribution in [0.3, 0.4) is 0 Å². The molecule has 282 valence electrons. The first kappa shape index (κ1) is 33.0. The maximum atomic E-state index is 6.38. The number of nitrogens with one attached hydrogen (secondary N) is 2. The Morgan fingerprint density at radius 2 is 1.12 bits per heavy atom. The molecule has 7 aromatic carbocycles. The van der Waals surface area contributed by atoms with Crippen LogP contribution in [0.4, 0.5) is 0 Å². The van der Waals surface area contributed by atoms with Gasteiger partial charge >= 0.3 is 0 Å². The number of fused-ring (bicyclic) bond motifs is 23. The first-order chi connectivity index (χ1) is 28.8. The van der Waals surface area contributed by atoms with Crippen LogP contribution in [0, 0.1) is 0 Å². The van der Waals surface area contributed by atoms with Gasteiger partial charge in [0.1, 0.15) is 11.1 Å². The molecule has 6 nitrogen and oxygen atoms in total. The molecule has 14 rings (SSSR count). The quantitative estimate of drug-likeness (QED) is 0.151. The van der Waals surface area contributed by atoms with Crippen LogP contribution in [0.2, 0.25) is 0 Å². The zero-order valence-corrected chi connectivity index (χ0v) is 32.2. The maximum absolute atomic E-state index is 6.38. The van der Waals surface area contributed by atoms with E-state index in [4.69, 9.17) is 8.83 Å². The Bertz CT molecular complexity index is 3680. The van der Waals surface area contributed by atoms with Crippen molar-refractivity contribution in [2.24, 2.45) is 0 Å². The van der Waals surface area contributed by atoms with Crippen molar-refractivity contribution >= 4 is 120 Å². The summed E-state index contributed by atoms with van der Waals surface area (Å²) in [7, 11) is 0. The summed E-state index contributed by atoms with van der Waals surface area (Å²) >= 11 is 0. The van der Waals surface area contributed by atoms with E-state index in [2.05, 4.69) is 117 Å². The van der Waals surface area contributed by atoms with Crippen molar-refractivity contribution in [1.82, 2.24) is 19.9 Å². The van der Waals surface area contributed by atoms with Crippen LogP contribution >= 0.6 is 0 Å². The number of para-hydroxylation sites is 2. The monoisotopic (exact) mass is 754 g/mol. The number of hydrogen-bond donors (Lipinski definition) is 2. The van der Waals surface area contributed by atoms with Crippen LogP contribution < -0.4 is 0 Å². The molecule has 0 amide bonds. The van der Waals surface area contributed by atoms with Gasteiger partial charge in [-0.25, -0.2) is 0 Å². The molecule has 0 aliphatic heterocycles. The highest BCUT2D eigenvalue weighted by Gasteiger charge is 2.23. The van der Waals surface area contributed by atoms with Gasteiger partial charge in [-0.3, -0.25) is 9.97 Å². The largest absolute Gasteiger partial charge is 0.454 e. The lowest BCUT2D eigenvalue weighted by molar-refractivity contribution is 0.671. The molecule has 6 heteroatoms. The number of H-pyrrole nitrogens is 2. The molecule has 6 aromatic heterocycles. The fourth-order valence-electron chi connectivity index (χ4n) is 9.85. The van der Waals surface area contributed by atoms with E-state index in [0.717, 1.165) is 60.7 Å². The second-order valence-electron chi connectivity index (χ2n) is 15.3. The molecule has 0 bridgehead atoms. The molecule has 2 N–H and O–H groups in total. The number of aryl methyl sites for hydroxylation is 2. The Morgan fingerprint density at radius 3 is 1.86 bits per heavy atom. The second-order valence-corrected chi connectivity index (χ2v) is 15.3. The summed E-state index contributed by atoms with van der Waals surface area (Å²) in [5, 5.41) is 15.8. The third-order valence-electron chi connectivity index (χ3n) is 12.3. The number of benzene rings is 7. The molecule has 1 aliphatic carbocycles. The van der Waals surface area contributed by atoms with Gasteiger partial charge in [-0.1, -0.05) is 98.8 Å². The average molecular weight is 755 g/mol. The Labute approximate surface area is 335 Å². The van der Waals surface area contributed by atoms with Crippen LogP contribution in [-0.4, -0.2) is 19.9 Å². The van der Waals surface area contributed by atoms with Gasteiger partial charge in [0.15, 0.2) is 16.7 Å². The first-order valence-electron chi connectivity index (χ1n) is 20.4. The number of hydrogen-bond acceptors (Lipinski definition) is 4. The van der Waals surface area contributed by atoms with Crippen molar-refractivity contribution in [1.29, 1.82) is 0 Å². The van der Waals surface area contributed by atoms with Crippen LogP contribution in [0.25, 0.3) is 120 Å². The number of nitrogens with zero attached hydrogens (tertiary/aromatic N) is 2. The first-order valence-corrected chi connectivity index (χ1v) is 20.4. The molecule has 6 heterocycles.